The second kappa shape index (κ2) is 19.0. The van der Waals surface area contributed by atoms with Gasteiger partial charge in [-0.25, -0.2) is 4.79 Å². The van der Waals surface area contributed by atoms with Gasteiger partial charge in [-0.1, -0.05) is 122 Å². The van der Waals surface area contributed by atoms with Crippen LogP contribution in [0.25, 0.3) is 0 Å². The molecule has 0 spiro atoms. The Morgan fingerprint density at radius 3 is 1.55 bits per heavy atom. The Bertz CT molecular complexity index is 570. The lowest BCUT2D eigenvalue weighted by Crippen LogP contribution is -2.04. The van der Waals surface area contributed by atoms with Crippen LogP contribution in [-0.2, 0) is 0 Å². The Kier molecular flexibility index (Phi) is 16.8. The van der Waals surface area contributed by atoms with Crippen LogP contribution in [0.5, 0.6) is 11.5 Å². The van der Waals surface area contributed by atoms with Crippen LogP contribution < -0.4 is 4.74 Å². The monoisotopic (exact) mass is 434 g/mol. The fourth-order valence-electron chi connectivity index (χ4n) is 4.04. The lowest BCUT2D eigenvalue weighted by molar-refractivity contribution is 0.0688. The number of carboxylic acids is 1. The number of benzene rings is 1. The number of carbonyl (C=O) groups is 1. The topological polar surface area (TPSA) is 66.8 Å². The van der Waals surface area contributed by atoms with Crippen LogP contribution in [0.2, 0.25) is 0 Å². The molecule has 2 N–H and O–H groups in total. The van der Waals surface area contributed by atoms with E-state index in [1.807, 2.05) is 0 Å². The first-order valence-corrected chi connectivity index (χ1v) is 12.8. The van der Waals surface area contributed by atoms with Gasteiger partial charge in [-0.2, -0.15) is 0 Å². The van der Waals surface area contributed by atoms with Crippen LogP contribution in [0.15, 0.2) is 18.2 Å². The zero-order valence-corrected chi connectivity index (χ0v) is 19.9. The van der Waals surface area contributed by atoms with Crippen LogP contribution >= 0.6 is 0 Å². The number of carboxylic acid groups (broad SMARTS) is 1. The SMILES string of the molecule is CCCCCCCCCCCCCCCCCCCCOc1cccc(O)c1C(=O)O. The predicted molar refractivity (Wildman–Crippen MR) is 129 cm³/mol. The van der Waals surface area contributed by atoms with Crippen LogP contribution in [0.4, 0.5) is 0 Å². The Morgan fingerprint density at radius 1 is 0.710 bits per heavy atom. The Morgan fingerprint density at radius 2 is 1.13 bits per heavy atom. The summed E-state index contributed by atoms with van der Waals surface area (Å²) in [6, 6.07) is 4.57. The first-order valence-electron chi connectivity index (χ1n) is 12.8. The third-order valence-electron chi connectivity index (χ3n) is 5.97. The van der Waals surface area contributed by atoms with E-state index in [9.17, 15) is 9.90 Å². The molecule has 0 fully saturated rings. The molecule has 0 aliphatic rings. The van der Waals surface area contributed by atoms with E-state index in [1.54, 1.807) is 12.1 Å². The van der Waals surface area contributed by atoms with Gasteiger partial charge >= 0.3 is 5.97 Å². The van der Waals surface area contributed by atoms with Crippen molar-refractivity contribution >= 4 is 5.97 Å². The quantitative estimate of drug-likeness (QED) is 0.190. The molecule has 0 amide bonds. The van der Waals surface area contributed by atoms with Crippen molar-refractivity contribution in [1.82, 2.24) is 0 Å². The van der Waals surface area contributed by atoms with Crippen LogP contribution in [0.3, 0.4) is 0 Å². The van der Waals surface area contributed by atoms with Gasteiger partial charge in [-0.3, -0.25) is 0 Å². The number of phenols is 1. The molecule has 178 valence electrons. The Labute approximate surface area is 190 Å². The molecule has 0 aliphatic carbocycles. The summed E-state index contributed by atoms with van der Waals surface area (Å²) in [4.78, 5) is 11.2. The van der Waals surface area contributed by atoms with Crippen molar-refractivity contribution < 1.29 is 19.7 Å². The van der Waals surface area contributed by atoms with E-state index in [4.69, 9.17) is 9.84 Å². The summed E-state index contributed by atoms with van der Waals surface area (Å²) in [6.45, 7) is 2.76. The Hall–Kier alpha value is -1.71. The molecule has 0 heterocycles. The van der Waals surface area contributed by atoms with Crippen molar-refractivity contribution in [1.29, 1.82) is 0 Å². The summed E-state index contributed by atoms with van der Waals surface area (Å²) in [5.41, 5.74) is -0.148. The van der Waals surface area contributed by atoms with Gasteiger partial charge in [0, 0.05) is 0 Å². The average Bonchev–Trinajstić information content (AvgIpc) is 2.75. The highest BCUT2D eigenvalue weighted by Crippen LogP contribution is 2.27. The van der Waals surface area contributed by atoms with E-state index < -0.39 is 5.97 Å². The van der Waals surface area contributed by atoms with Crippen LogP contribution in [0, 0.1) is 0 Å². The number of ether oxygens (including phenoxy) is 1. The van der Waals surface area contributed by atoms with Gasteiger partial charge in [-0.05, 0) is 18.6 Å². The molecule has 0 saturated carbocycles. The number of hydrogen-bond acceptors (Lipinski definition) is 3. The fourth-order valence-corrected chi connectivity index (χ4v) is 4.04. The van der Waals surface area contributed by atoms with Crippen molar-refractivity contribution in [3.63, 3.8) is 0 Å². The molecule has 4 nitrogen and oxygen atoms in total. The van der Waals surface area contributed by atoms with E-state index in [1.165, 1.54) is 109 Å². The van der Waals surface area contributed by atoms with E-state index in [0.717, 1.165) is 12.8 Å². The summed E-state index contributed by atoms with van der Waals surface area (Å²) in [7, 11) is 0. The van der Waals surface area contributed by atoms with Gasteiger partial charge < -0.3 is 14.9 Å². The summed E-state index contributed by atoms with van der Waals surface area (Å²) in [5, 5.41) is 18.8. The van der Waals surface area contributed by atoms with E-state index in [0.29, 0.717) is 6.61 Å². The molecule has 0 aliphatic heterocycles. The maximum atomic E-state index is 11.2. The molecule has 4 heteroatoms. The lowest BCUT2D eigenvalue weighted by Gasteiger charge is -2.10. The van der Waals surface area contributed by atoms with Gasteiger partial charge in [0.1, 0.15) is 17.1 Å². The summed E-state index contributed by atoms with van der Waals surface area (Å²) >= 11 is 0. The first kappa shape index (κ1) is 27.3. The molecule has 1 aromatic carbocycles. The van der Waals surface area contributed by atoms with Crippen molar-refractivity contribution in [2.75, 3.05) is 6.61 Å². The molecule has 1 aromatic rings. The third-order valence-corrected chi connectivity index (χ3v) is 5.97. The van der Waals surface area contributed by atoms with Crippen LogP contribution in [0.1, 0.15) is 133 Å². The van der Waals surface area contributed by atoms with E-state index in [-0.39, 0.29) is 17.1 Å². The number of hydrogen-bond donors (Lipinski definition) is 2. The van der Waals surface area contributed by atoms with Gasteiger partial charge in [-0.15, -0.1) is 0 Å². The highest BCUT2D eigenvalue weighted by atomic mass is 16.5. The number of unbranched alkanes of at least 4 members (excludes halogenated alkanes) is 17. The molecule has 0 bridgehead atoms. The molecule has 0 unspecified atom stereocenters. The van der Waals surface area contributed by atoms with Crippen molar-refractivity contribution in [2.45, 2.75) is 122 Å². The van der Waals surface area contributed by atoms with E-state index in [2.05, 4.69) is 6.92 Å². The van der Waals surface area contributed by atoms with Gasteiger partial charge in [0.25, 0.3) is 0 Å². The molecular weight excluding hydrogens is 388 g/mol. The minimum Gasteiger partial charge on any atom is -0.507 e. The molecule has 0 atom stereocenters. The second-order valence-electron chi connectivity index (χ2n) is 8.81. The number of aromatic hydroxyl groups is 1. The van der Waals surface area contributed by atoms with Gasteiger partial charge in [0.15, 0.2) is 0 Å². The maximum Gasteiger partial charge on any atom is 0.343 e. The molecule has 1 rings (SSSR count). The molecular formula is C27H46O4. The summed E-state index contributed by atoms with van der Waals surface area (Å²) < 4.78 is 5.57. The molecule has 0 radical (unpaired) electrons. The summed E-state index contributed by atoms with van der Waals surface area (Å²) in [6.07, 6.45) is 24.0. The third kappa shape index (κ3) is 14.1. The van der Waals surface area contributed by atoms with Crippen molar-refractivity contribution in [2.24, 2.45) is 0 Å². The molecule has 31 heavy (non-hydrogen) atoms. The molecule has 0 aromatic heterocycles. The first-order chi connectivity index (χ1) is 15.2. The van der Waals surface area contributed by atoms with E-state index >= 15 is 0 Å². The standard InChI is InChI=1S/C27H46O4/c1-2-3-4-5-6-7-8-9-10-11-12-13-14-15-16-17-18-19-23-31-25-22-20-21-24(28)26(25)27(29)30/h20-22,28H,2-19,23H2,1H3,(H,29,30). The normalized spacial score (nSPS) is 11.0. The fraction of sp³-hybridized carbons (Fsp3) is 0.741. The van der Waals surface area contributed by atoms with Gasteiger partial charge in [0.2, 0.25) is 0 Å². The highest BCUT2D eigenvalue weighted by Gasteiger charge is 2.15. The maximum absolute atomic E-state index is 11.2. The lowest BCUT2D eigenvalue weighted by atomic mass is 10.0. The highest BCUT2D eigenvalue weighted by molar-refractivity contribution is 5.93. The largest absolute Gasteiger partial charge is 0.507 e. The zero-order valence-electron chi connectivity index (χ0n) is 19.9. The van der Waals surface area contributed by atoms with Crippen molar-refractivity contribution in [3.8, 4) is 11.5 Å². The Balaban J connectivity index is 1.84. The van der Waals surface area contributed by atoms with Crippen LogP contribution in [-0.4, -0.2) is 22.8 Å². The average molecular weight is 435 g/mol. The predicted octanol–water partition coefficient (Wildman–Crippen LogP) is 8.51. The zero-order chi connectivity index (χ0) is 22.6. The second-order valence-corrected chi connectivity index (χ2v) is 8.81. The minimum absolute atomic E-state index is 0.148. The van der Waals surface area contributed by atoms with Crippen molar-refractivity contribution in [3.05, 3.63) is 23.8 Å². The smallest absolute Gasteiger partial charge is 0.343 e. The number of aromatic carboxylic acids is 1. The van der Waals surface area contributed by atoms with Gasteiger partial charge in [0.05, 0.1) is 6.61 Å². The number of rotatable bonds is 21. The molecule has 0 saturated heterocycles. The summed E-state index contributed by atoms with van der Waals surface area (Å²) in [5.74, 6) is -1.16. The minimum atomic E-state index is -1.16.